The van der Waals surface area contributed by atoms with Crippen molar-refractivity contribution in [3.63, 3.8) is 0 Å². The Morgan fingerprint density at radius 1 is 1.11 bits per heavy atom. The third kappa shape index (κ3) is 4.24. The molecule has 0 unspecified atom stereocenters. The molecule has 0 saturated carbocycles. The maximum absolute atomic E-state index is 12.4. The predicted octanol–water partition coefficient (Wildman–Crippen LogP) is 4.54. The van der Waals surface area contributed by atoms with Crippen LogP contribution in [0.25, 0.3) is 0 Å². The number of nitrogens with one attached hydrogen (secondary N) is 1. The highest BCUT2D eigenvalue weighted by Gasteiger charge is 2.14. The lowest BCUT2D eigenvalue weighted by molar-refractivity contribution is -0.116. The number of aromatic nitrogens is 2. The van der Waals surface area contributed by atoms with Crippen LogP contribution < -0.4 is 14.8 Å². The second-order valence-corrected chi connectivity index (χ2v) is 7.19. The first kappa shape index (κ1) is 18.7. The predicted molar refractivity (Wildman–Crippen MR) is 107 cm³/mol. The van der Waals surface area contributed by atoms with Crippen LogP contribution in [0, 0.1) is 0 Å². The number of halogens is 2. The molecule has 0 aliphatic carbocycles. The summed E-state index contributed by atoms with van der Waals surface area (Å²) in [7, 11) is 0. The summed E-state index contributed by atoms with van der Waals surface area (Å²) in [6.45, 7) is 0.668. The third-order valence-corrected chi connectivity index (χ3v) is 4.98. The molecule has 1 N–H and O–H groups in total. The topological polar surface area (TPSA) is 65.4 Å². The van der Waals surface area contributed by atoms with Crippen LogP contribution in [0.1, 0.15) is 17.5 Å². The Kier molecular flexibility index (Phi) is 5.41. The van der Waals surface area contributed by atoms with E-state index in [-0.39, 0.29) is 12.7 Å². The first-order chi connectivity index (χ1) is 13.6. The van der Waals surface area contributed by atoms with Crippen LogP contribution in [-0.2, 0) is 17.8 Å². The van der Waals surface area contributed by atoms with Gasteiger partial charge in [-0.05, 0) is 41.8 Å². The van der Waals surface area contributed by atoms with E-state index in [1.54, 1.807) is 29.1 Å². The van der Waals surface area contributed by atoms with Crippen molar-refractivity contribution in [2.75, 3.05) is 12.1 Å². The highest BCUT2D eigenvalue weighted by atomic mass is 35.5. The van der Waals surface area contributed by atoms with E-state index in [0.29, 0.717) is 35.2 Å². The van der Waals surface area contributed by atoms with Gasteiger partial charge in [0.1, 0.15) is 5.82 Å². The zero-order chi connectivity index (χ0) is 19.5. The van der Waals surface area contributed by atoms with Gasteiger partial charge in [-0.1, -0.05) is 35.3 Å². The van der Waals surface area contributed by atoms with E-state index in [1.807, 2.05) is 24.3 Å². The summed E-state index contributed by atoms with van der Waals surface area (Å²) in [6, 6.07) is 12.8. The highest BCUT2D eigenvalue weighted by molar-refractivity contribution is 6.35. The number of anilines is 1. The largest absolute Gasteiger partial charge is 0.454 e. The van der Waals surface area contributed by atoms with Crippen LogP contribution in [0.5, 0.6) is 11.5 Å². The molecule has 8 heteroatoms. The van der Waals surface area contributed by atoms with Crippen molar-refractivity contribution in [1.29, 1.82) is 0 Å². The molecule has 28 heavy (non-hydrogen) atoms. The van der Waals surface area contributed by atoms with Gasteiger partial charge in [0.2, 0.25) is 12.7 Å². The lowest BCUT2D eigenvalue weighted by Gasteiger charge is -2.10. The quantitative estimate of drug-likeness (QED) is 0.639. The van der Waals surface area contributed by atoms with Crippen molar-refractivity contribution < 1.29 is 14.3 Å². The van der Waals surface area contributed by atoms with Gasteiger partial charge >= 0.3 is 0 Å². The maximum Gasteiger partial charge on any atom is 0.231 e. The Balaban J connectivity index is 1.37. The Bertz CT molecular complexity index is 1020. The summed E-state index contributed by atoms with van der Waals surface area (Å²) < 4.78 is 12.4. The molecule has 0 radical (unpaired) electrons. The summed E-state index contributed by atoms with van der Waals surface area (Å²) >= 11 is 12.2. The number of aryl methyl sites for hydroxylation is 1. The smallest absolute Gasteiger partial charge is 0.231 e. The number of rotatable bonds is 6. The number of amides is 1. The average Bonchev–Trinajstić information content (AvgIpc) is 3.31. The zero-order valence-electron chi connectivity index (χ0n) is 14.8. The van der Waals surface area contributed by atoms with Crippen LogP contribution >= 0.6 is 23.2 Å². The standard InChI is InChI=1S/C20H17Cl2N3O3/c21-15-4-3-14(16(22)10-15)11-25-19(7-8-23-25)24-20(26)6-2-13-1-5-17-18(9-13)28-12-27-17/h1,3-5,7-10H,2,6,11-12H2,(H,24,26). The SMILES string of the molecule is O=C(CCc1ccc2c(c1)OCO2)Nc1ccnn1Cc1ccc(Cl)cc1Cl. The Labute approximate surface area is 172 Å². The minimum Gasteiger partial charge on any atom is -0.454 e. The van der Waals surface area contributed by atoms with Crippen molar-refractivity contribution in [1.82, 2.24) is 9.78 Å². The van der Waals surface area contributed by atoms with E-state index in [9.17, 15) is 4.79 Å². The monoisotopic (exact) mass is 417 g/mol. The molecule has 2 heterocycles. The number of hydrogen-bond donors (Lipinski definition) is 1. The second kappa shape index (κ2) is 8.12. The third-order valence-electron chi connectivity index (χ3n) is 4.40. The molecule has 1 amide bonds. The van der Waals surface area contributed by atoms with Crippen molar-refractivity contribution in [2.24, 2.45) is 0 Å². The molecule has 1 aromatic heterocycles. The molecule has 0 spiro atoms. The maximum atomic E-state index is 12.4. The Morgan fingerprint density at radius 2 is 1.96 bits per heavy atom. The number of carbonyl (C=O) groups excluding carboxylic acids is 1. The van der Waals surface area contributed by atoms with E-state index in [0.717, 1.165) is 22.6 Å². The average molecular weight is 418 g/mol. The van der Waals surface area contributed by atoms with Crippen LogP contribution in [-0.4, -0.2) is 22.5 Å². The van der Waals surface area contributed by atoms with Crippen LogP contribution in [0.2, 0.25) is 10.0 Å². The van der Waals surface area contributed by atoms with E-state index < -0.39 is 0 Å². The van der Waals surface area contributed by atoms with Gasteiger partial charge in [-0.15, -0.1) is 0 Å². The van der Waals surface area contributed by atoms with Gasteiger partial charge in [-0.3, -0.25) is 4.79 Å². The lowest BCUT2D eigenvalue weighted by atomic mass is 10.1. The summed E-state index contributed by atoms with van der Waals surface area (Å²) in [5, 5.41) is 8.30. The molecule has 3 aromatic rings. The molecule has 0 bridgehead atoms. The number of benzene rings is 2. The summed E-state index contributed by atoms with van der Waals surface area (Å²) in [5.41, 5.74) is 1.88. The molecular formula is C20H17Cl2N3O3. The first-order valence-electron chi connectivity index (χ1n) is 8.72. The van der Waals surface area contributed by atoms with Crippen molar-refractivity contribution in [3.8, 4) is 11.5 Å². The molecule has 4 rings (SSSR count). The van der Waals surface area contributed by atoms with E-state index in [1.165, 1.54) is 0 Å². The number of fused-ring (bicyclic) bond motifs is 1. The van der Waals surface area contributed by atoms with Crippen molar-refractivity contribution >= 4 is 34.9 Å². The minimum atomic E-state index is -0.0957. The van der Waals surface area contributed by atoms with Gasteiger partial charge in [0.05, 0.1) is 12.7 Å². The highest BCUT2D eigenvalue weighted by Crippen LogP contribution is 2.32. The second-order valence-electron chi connectivity index (χ2n) is 6.35. The van der Waals surface area contributed by atoms with Gasteiger partial charge in [0, 0.05) is 22.5 Å². The fraction of sp³-hybridized carbons (Fsp3) is 0.200. The van der Waals surface area contributed by atoms with Gasteiger partial charge in [-0.25, -0.2) is 4.68 Å². The normalized spacial score (nSPS) is 12.2. The molecule has 1 aliphatic rings. The molecule has 1 aliphatic heterocycles. The molecule has 0 atom stereocenters. The minimum absolute atomic E-state index is 0.0957. The zero-order valence-corrected chi connectivity index (χ0v) is 16.3. The fourth-order valence-corrected chi connectivity index (χ4v) is 3.40. The summed E-state index contributed by atoms with van der Waals surface area (Å²) in [5.74, 6) is 1.97. The number of carbonyl (C=O) groups is 1. The van der Waals surface area contributed by atoms with Gasteiger partial charge in [0.25, 0.3) is 0 Å². The Hall–Kier alpha value is -2.70. The summed E-state index contributed by atoms with van der Waals surface area (Å²) in [6.07, 6.45) is 2.57. The number of nitrogens with zero attached hydrogens (tertiary/aromatic N) is 2. The van der Waals surface area contributed by atoms with Crippen LogP contribution in [0.3, 0.4) is 0 Å². The fourth-order valence-electron chi connectivity index (χ4n) is 2.94. The van der Waals surface area contributed by atoms with E-state index in [4.69, 9.17) is 32.7 Å². The van der Waals surface area contributed by atoms with Crippen molar-refractivity contribution in [2.45, 2.75) is 19.4 Å². The molecule has 2 aromatic carbocycles. The van der Waals surface area contributed by atoms with Crippen LogP contribution in [0.15, 0.2) is 48.7 Å². The van der Waals surface area contributed by atoms with Crippen molar-refractivity contribution in [3.05, 3.63) is 69.8 Å². The van der Waals surface area contributed by atoms with E-state index in [2.05, 4.69) is 10.4 Å². The molecule has 0 saturated heterocycles. The number of hydrogen-bond acceptors (Lipinski definition) is 4. The van der Waals surface area contributed by atoms with Gasteiger partial charge in [-0.2, -0.15) is 5.10 Å². The number of ether oxygens (including phenoxy) is 2. The molecular weight excluding hydrogens is 401 g/mol. The lowest BCUT2D eigenvalue weighted by Crippen LogP contribution is -2.16. The summed E-state index contributed by atoms with van der Waals surface area (Å²) in [4.78, 5) is 12.4. The first-order valence-corrected chi connectivity index (χ1v) is 9.48. The molecule has 6 nitrogen and oxygen atoms in total. The molecule has 144 valence electrons. The van der Waals surface area contributed by atoms with Crippen LogP contribution in [0.4, 0.5) is 5.82 Å². The van der Waals surface area contributed by atoms with E-state index >= 15 is 0 Å². The molecule has 0 fully saturated rings. The van der Waals surface area contributed by atoms with Gasteiger partial charge in [0.15, 0.2) is 11.5 Å². The Morgan fingerprint density at radius 3 is 2.82 bits per heavy atom. The van der Waals surface area contributed by atoms with Gasteiger partial charge < -0.3 is 14.8 Å².